The fourth-order valence-electron chi connectivity index (χ4n) is 4.01. The van der Waals surface area contributed by atoms with Crippen molar-refractivity contribution < 1.29 is 23.4 Å². The molecule has 0 saturated carbocycles. The lowest BCUT2D eigenvalue weighted by atomic mass is 10.0. The molecular weight excluding hydrogens is 408 g/mol. The first-order valence-corrected chi connectivity index (χ1v) is 10.6. The number of carbonyl (C=O) groups is 1. The van der Waals surface area contributed by atoms with Crippen LogP contribution in [0.15, 0.2) is 75.9 Å². The zero-order valence-corrected chi connectivity index (χ0v) is 17.4. The van der Waals surface area contributed by atoms with E-state index in [1.54, 1.807) is 30.3 Å². The van der Waals surface area contributed by atoms with Gasteiger partial charge in [0.25, 0.3) is 0 Å². The molecule has 4 aromatic rings. The fraction of sp³-hybridized carbons (Fsp3) is 0.231. The van der Waals surface area contributed by atoms with E-state index >= 15 is 0 Å². The highest BCUT2D eigenvalue weighted by Gasteiger charge is 2.16. The van der Waals surface area contributed by atoms with Gasteiger partial charge >= 0.3 is 11.6 Å². The average molecular weight is 430 g/mol. The molecule has 6 nitrogen and oxygen atoms in total. The highest BCUT2D eigenvalue weighted by atomic mass is 16.5. The van der Waals surface area contributed by atoms with E-state index in [-0.39, 0.29) is 12.7 Å². The van der Waals surface area contributed by atoms with Gasteiger partial charge in [0.15, 0.2) is 0 Å². The van der Waals surface area contributed by atoms with Crippen LogP contribution in [0.3, 0.4) is 0 Å². The topological polar surface area (TPSA) is 75.0 Å². The molecule has 1 aromatic heterocycles. The molecule has 0 radical (unpaired) electrons. The zero-order valence-electron chi connectivity index (χ0n) is 17.4. The molecule has 0 spiro atoms. The molecule has 1 saturated heterocycles. The number of fused-ring (bicyclic) bond motifs is 3. The van der Waals surface area contributed by atoms with E-state index in [2.05, 4.69) is 0 Å². The first-order chi connectivity index (χ1) is 15.7. The highest BCUT2D eigenvalue weighted by molar-refractivity contribution is 6.07. The van der Waals surface area contributed by atoms with E-state index in [1.165, 1.54) is 6.07 Å². The average Bonchev–Trinajstić information content (AvgIpc) is 3.34. The molecule has 0 N–H and O–H groups in total. The van der Waals surface area contributed by atoms with Crippen molar-refractivity contribution in [3.8, 4) is 5.75 Å². The number of hydrogen-bond acceptors (Lipinski definition) is 6. The van der Waals surface area contributed by atoms with Crippen molar-refractivity contribution in [1.29, 1.82) is 0 Å². The summed E-state index contributed by atoms with van der Waals surface area (Å²) in [5.74, 6) is 0.201. The van der Waals surface area contributed by atoms with E-state index in [1.807, 2.05) is 30.3 Å². The summed E-state index contributed by atoms with van der Waals surface area (Å²) in [6, 6.07) is 19.7. The standard InChI is InChI=1S/C26H22O6/c27-24-14-19(25-22-6-2-1-4-17(22)9-12-23(25)32-24)15-31-26(28)18-7-10-20(11-8-18)30-16-21-5-3-13-29-21/h1-2,4,6-12,14,21H,3,5,13,15-16H2/t21-/m1/s1. The summed E-state index contributed by atoms with van der Waals surface area (Å²) in [5.41, 5.74) is 1.01. The van der Waals surface area contributed by atoms with Gasteiger partial charge in [-0.25, -0.2) is 9.59 Å². The predicted octanol–water partition coefficient (Wildman–Crippen LogP) is 4.86. The maximum Gasteiger partial charge on any atom is 0.338 e. The van der Waals surface area contributed by atoms with Gasteiger partial charge in [-0.1, -0.05) is 30.3 Å². The van der Waals surface area contributed by atoms with E-state index in [9.17, 15) is 9.59 Å². The minimum atomic E-state index is -0.480. The van der Waals surface area contributed by atoms with Crippen LogP contribution in [-0.2, 0) is 16.1 Å². The van der Waals surface area contributed by atoms with Crippen molar-refractivity contribution >= 4 is 27.7 Å². The Labute approximate surface area is 184 Å². The van der Waals surface area contributed by atoms with E-state index in [0.29, 0.717) is 29.1 Å². The Balaban J connectivity index is 1.31. The second-order valence-corrected chi connectivity index (χ2v) is 7.80. The molecule has 0 amide bonds. The molecule has 32 heavy (non-hydrogen) atoms. The van der Waals surface area contributed by atoms with Gasteiger partial charge in [-0.3, -0.25) is 0 Å². The normalized spacial score (nSPS) is 15.8. The van der Waals surface area contributed by atoms with Crippen LogP contribution < -0.4 is 10.4 Å². The monoisotopic (exact) mass is 430 g/mol. The third kappa shape index (κ3) is 4.22. The van der Waals surface area contributed by atoms with Gasteiger partial charge in [-0.2, -0.15) is 0 Å². The SMILES string of the molecule is O=C(OCc1cc(=O)oc2ccc3ccccc3c12)c1ccc(OC[C@H]2CCCO2)cc1. The van der Waals surface area contributed by atoms with Gasteiger partial charge < -0.3 is 18.6 Å². The number of ether oxygens (including phenoxy) is 3. The maximum absolute atomic E-state index is 12.6. The van der Waals surface area contributed by atoms with Crippen molar-refractivity contribution in [3.05, 3.63) is 88.3 Å². The molecule has 0 bridgehead atoms. The summed E-state index contributed by atoms with van der Waals surface area (Å²) >= 11 is 0. The molecule has 162 valence electrons. The summed E-state index contributed by atoms with van der Waals surface area (Å²) in [6.45, 7) is 1.25. The van der Waals surface area contributed by atoms with E-state index < -0.39 is 11.6 Å². The Morgan fingerprint density at radius 3 is 2.69 bits per heavy atom. The smallest absolute Gasteiger partial charge is 0.338 e. The van der Waals surface area contributed by atoms with Crippen LogP contribution in [0.2, 0.25) is 0 Å². The van der Waals surface area contributed by atoms with Crippen LogP contribution in [0.1, 0.15) is 28.8 Å². The second kappa shape index (κ2) is 8.85. The molecule has 5 rings (SSSR count). The van der Waals surface area contributed by atoms with Crippen LogP contribution in [0.25, 0.3) is 21.7 Å². The first-order valence-electron chi connectivity index (χ1n) is 10.6. The molecule has 6 heteroatoms. The van der Waals surface area contributed by atoms with Crippen molar-refractivity contribution in [1.82, 2.24) is 0 Å². The van der Waals surface area contributed by atoms with Crippen molar-refractivity contribution in [2.75, 3.05) is 13.2 Å². The van der Waals surface area contributed by atoms with Gasteiger partial charge in [0.1, 0.15) is 24.5 Å². The van der Waals surface area contributed by atoms with Crippen LogP contribution >= 0.6 is 0 Å². The molecule has 3 aromatic carbocycles. The van der Waals surface area contributed by atoms with Gasteiger partial charge in [0.05, 0.1) is 11.7 Å². The van der Waals surface area contributed by atoms with Gasteiger partial charge in [-0.05, 0) is 53.9 Å². The van der Waals surface area contributed by atoms with E-state index in [0.717, 1.165) is 35.6 Å². The third-order valence-corrected chi connectivity index (χ3v) is 5.62. The lowest BCUT2D eigenvalue weighted by Crippen LogP contribution is -2.16. The number of esters is 1. The second-order valence-electron chi connectivity index (χ2n) is 7.80. The predicted molar refractivity (Wildman–Crippen MR) is 120 cm³/mol. The Bertz CT molecular complexity index is 1320. The largest absolute Gasteiger partial charge is 0.491 e. The number of benzene rings is 3. The zero-order chi connectivity index (χ0) is 21.9. The van der Waals surface area contributed by atoms with Crippen LogP contribution in [0.5, 0.6) is 5.75 Å². The molecule has 1 fully saturated rings. The minimum absolute atomic E-state index is 0.0355. The number of carbonyl (C=O) groups excluding carboxylic acids is 1. The molecular formula is C26H22O6. The lowest BCUT2D eigenvalue weighted by molar-refractivity contribution is 0.0473. The lowest BCUT2D eigenvalue weighted by Gasteiger charge is -2.12. The Kier molecular flexibility index (Phi) is 5.60. The summed E-state index contributed by atoms with van der Waals surface area (Å²) in [4.78, 5) is 24.6. The number of rotatable bonds is 6. The van der Waals surface area contributed by atoms with Crippen LogP contribution in [0, 0.1) is 0 Å². The third-order valence-electron chi connectivity index (χ3n) is 5.62. The Morgan fingerprint density at radius 1 is 1.03 bits per heavy atom. The van der Waals surface area contributed by atoms with Gasteiger partial charge in [-0.15, -0.1) is 0 Å². The quantitative estimate of drug-likeness (QED) is 0.247. The maximum atomic E-state index is 12.6. The fourth-order valence-corrected chi connectivity index (χ4v) is 4.01. The number of hydrogen-bond donors (Lipinski definition) is 0. The Morgan fingerprint density at radius 2 is 1.88 bits per heavy atom. The molecule has 0 aliphatic carbocycles. The van der Waals surface area contributed by atoms with Gasteiger partial charge in [0, 0.05) is 23.6 Å². The van der Waals surface area contributed by atoms with Crippen molar-refractivity contribution in [2.45, 2.75) is 25.6 Å². The van der Waals surface area contributed by atoms with Crippen LogP contribution in [-0.4, -0.2) is 25.3 Å². The molecule has 1 aliphatic heterocycles. The summed E-state index contributed by atoms with van der Waals surface area (Å²) in [7, 11) is 0. The Hall–Kier alpha value is -3.64. The van der Waals surface area contributed by atoms with Crippen molar-refractivity contribution in [2.24, 2.45) is 0 Å². The summed E-state index contributed by atoms with van der Waals surface area (Å²) in [6.07, 6.45) is 2.20. The van der Waals surface area contributed by atoms with Gasteiger partial charge in [0.2, 0.25) is 0 Å². The summed E-state index contributed by atoms with van der Waals surface area (Å²) < 4.78 is 22.2. The molecule has 1 aliphatic rings. The minimum Gasteiger partial charge on any atom is -0.491 e. The van der Waals surface area contributed by atoms with E-state index in [4.69, 9.17) is 18.6 Å². The molecule has 0 unspecified atom stereocenters. The van der Waals surface area contributed by atoms with Crippen LogP contribution in [0.4, 0.5) is 0 Å². The molecule has 2 heterocycles. The van der Waals surface area contributed by atoms with Crippen molar-refractivity contribution in [3.63, 3.8) is 0 Å². The molecule has 1 atom stereocenters. The first kappa shape index (κ1) is 20.3. The highest BCUT2D eigenvalue weighted by Crippen LogP contribution is 2.28. The summed E-state index contributed by atoms with van der Waals surface area (Å²) in [5, 5.41) is 2.72.